The van der Waals surface area contributed by atoms with E-state index in [2.05, 4.69) is 22.4 Å². The molecule has 0 aliphatic heterocycles. The molecule has 0 saturated heterocycles. The minimum atomic E-state index is 0.0376. The van der Waals surface area contributed by atoms with Crippen LogP contribution in [0, 0.1) is 6.92 Å². The summed E-state index contributed by atoms with van der Waals surface area (Å²) in [6.45, 7) is 4.25. The first kappa shape index (κ1) is 12.1. The Balaban J connectivity index is 2.12. The third kappa shape index (κ3) is 1.89. The number of nitrogens with zero attached hydrogens (tertiary/aromatic N) is 4. The van der Waals surface area contributed by atoms with Crippen LogP contribution >= 0.6 is 0 Å². The molecular weight excluding hydrogens is 238 g/mol. The van der Waals surface area contributed by atoms with Crippen molar-refractivity contribution < 1.29 is 0 Å². The van der Waals surface area contributed by atoms with Crippen LogP contribution < -0.4 is 5.73 Å². The van der Waals surface area contributed by atoms with Gasteiger partial charge in [-0.3, -0.25) is 0 Å². The molecule has 1 aliphatic rings. The fourth-order valence-electron chi connectivity index (χ4n) is 2.96. The number of rotatable bonds is 2. The molecule has 0 spiro atoms. The first-order valence-corrected chi connectivity index (χ1v) is 6.76. The lowest BCUT2D eigenvalue weighted by molar-refractivity contribution is 0.292. The zero-order valence-corrected chi connectivity index (χ0v) is 11.4. The number of benzene rings is 1. The minimum absolute atomic E-state index is 0.0376. The van der Waals surface area contributed by atoms with E-state index in [-0.39, 0.29) is 5.54 Å². The maximum atomic E-state index is 5.99. The number of tetrazole rings is 1. The Labute approximate surface area is 112 Å². The SMILES string of the molecule is Cc1c(N)cccc1-c1nnnn1C1(C)CCCC1. The van der Waals surface area contributed by atoms with Gasteiger partial charge in [0.1, 0.15) is 0 Å². The van der Waals surface area contributed by atoms with E-state index in [1.165, 1.54) is 12.8 Å². The Hall–Kier alpha value is -1.91. The second-order valence-corrected chi connectivity index (χ2v) is 5.64. The molecule has 5 nitrogen and oxygen atoms in total. The Morgan fingerprint density at radius 1 is 1.26 bits per heavy atom. The molecule has 0 atom stereocenters. The van der Waals surface area contributed by atoms with Crippen molar-refractivity contribution in [3.05, 3.63) is 23.8 Å². The van der Waals surface area contributed by atoms with Crippen LogP contribution in [0.2, 0.25) is 0 Å². The normalized spacial score (nSPS) is 17.8. The van der Waals surface area contributed by atoms with Crippen LogP contribution in [0.25, 0.3) is 11.4 Å². The maximum Gasteiger partial charge on any atom is 0.182 e. The summed E-state index contributed by atoms with van der Waals surface area (Å²) in [5.74, 6) is 0.828. The van der Waals surface area contributed by atoms with Gasteiger partial charge in [-0.05, 0) is 48.7 Å². The van der Waals surface area contributed by atoms with Crippen molar-refractivity contribution in [2.24, 2.45) is 0 Å². The number of aromatic nitrogens is 4. The maximum absolute atomic E-state index is 5.99. The monoisotopic (exact) mass is 257 g/mol. The van der Waals surface area contributed by atoms with Gasteiger partial charge in [-0.2, -0.15) is 0 Å². The summed E-state index contributed by atoms with van der Waals surface area (Å²) in [6, 6.07) is 5.89. The third-order valence-electron chi connectivity index (χ3n) is 4.28. The lowest BCUT2D eigenvalue weighted by atomic mass is 9.99. The first-order chi connectivity index (χ1) is 9.12. The molecule has 2 N–H and O–H groups in total. The molecule has 3 rings (SSSR count). The minimum Gasteiger partial charge on any atom is -0.398 e. The Bertz CT molecular complexity index is 596. The van der Waals surface area contributed by atoms with Crippen LogP contribution in [0.3, 0.4) is 0 Å². The van der Waals surface area contributed by atoms with Crippen LogP contribution in [0.4, 0.5) is 5.69 Å². The number of hydrogen-bond acceptors (Lipinski definition) is 4. The van der Waals surface area contributed by atoms with Gasteiger partial charge in [0.2, 0.25) is 0 Å². The molecule has 0 bridgehead atoms. The predicted octanol–water partition coefficient (Wildman–Crippen LogP) is 2.52. The molecule has 1 aliphatic carbocycles. The largest absolute Gasteiger partial charge is 0.398 e. The average molecular weight is 257 g/mol. The van der Waals surface area contributed by atoms with E-state index in [4.69, 9.17) is 5.73 Å². The van der Waals surface area contributed by atoms with E-state index in [0.29, 0.717) is 0 Å². The fraction of sp³-hybridized carbons (Fsp3) is 0.500. The van der Waals surface area contributed by atoms with Crippen molar-refractivity contribution in [2.45, 2.75) is 45.1 Å². The number of anilines is 1. The molecule has 1 fully saturated rings. The molecule has 0 radical (unpaired) electrons. The predicted molar refractivity (Wildman–Crippen MR) is 74.5 cm³/mol. The highest BCUT2D eigenvalue weighted by molar-refractivity contribution is 5.67. The average Bonchev–Trinajstić information content (AvgIpc) is 3.02. The van der Waals surface area contributed by atoms with E-state index in [1.54, 1.807) is 0 Å². The highest BCUT2D eigenvalue weighted by Crippen LogP contribution is 2.38. The highest BCUT2D eigenvalue weighted by atomic mass is 15.6. The molecule has 19 heavy (non-hydrogen) atoms. The van der Waals surface area contributed by atoms with Crippen molar-refractivity contribution in [3.8, 4) is 11.4 Å². The quantitative estimate of drug-likeness (QED) is 0.839. The van der Waals surface area contributed by atoms with Gasteiger partial charge >= 0.3 is 0 Å². The topological polar surface area (TPSA) is 69.6 Å². The van der Waals surface area contributed by atoms with Crippen LogP contribution in [-0.2, 0) is 5.54 Å². The Kier molecular flexibility index (Phi) is 2.77. The summed E-state index contributed by atoms with van der Waals surface area (Å²) in [5.41, 5.74) is 8.87. The van der Waals surface area contributed by atoms with Gasteiger partial charge in [-0.1, -0.05) is 25.0 Å². The highest BCUT2D eigenvalue weighted by Gasteiger charge is 2.34. The summed E-state index contributed by atoms with van der Waals surface area (Å²) >= 11 is 0. The van der Waals surface area contributed by atoms with E-state index in [9.17, 15) is 0 Å². The van der Waals surface area contributed by atoms with Gasteiger partial charge in [0.25, 0.3) is 0 Å². The van der Waals surface area contributed by atoms with Crippen molar-refractivity contribution >= 4 is 5.69 Å². The van der Waals surface area contributed by atoms with E-state index in [0.717, 1.165) is 35.5 Å². The second-order valence-electron chi connectivity index (χ2n) is 5.64. The molecule has 5 heteroatoms. The van der Waals surface area contributed by atoms with Crippen molar-refractivity contribution in [1.29, 1.82) is 0 Å². The van der Waals surface area contributed by atoms with E-state index < -0.39 is 0 Å². The van der Waals surface area contributed by atoms with E-state index in [1.807, 2.05) is 29.8 Å². The van der Waals surface area contributed by atoms with Crippen molar-refractivity contribution in [3.63, 3.8) is 0 Å². The van der Waals surface area contributed by atoms with Gasteiger partial charge in [0, 0.05) is 11.3 Å². The lowest BCUT2D eigenvalue weighted by Crippen LogP contribution is -2.28. The van der Waals surface area contributed by atoms with E-state index >= 15 is 0 Å². The van der Waals surface area contributed by atoms with Crippen LogP contribution in [-0.4, -0.2) is 20.2 Å². The van der Waals surface area contributed by atoms with Crippen molar-refractivity contribution in [1.82, 2.24) is 20.2 Å². The van der Waals surface area contributed by atoms with Crippen LogP contribution in [0.5, 0.6) is 0 Å². The molecule has 100 valence electrons. The molecule has 1 aromatic carbocycles. The van der Waals surface area contributed by atoms with Gasteiger partial charge in [0.15, 0.2) is 5.82 Å². The first-order valence-electron chi connectivity index (χ1n) is 6.76. The third-order valence-corrected chi connectivity index (χ3v) is 4.28. The molecular formula is C14H19N5. The van der Waals surface area contributed by atoms with Crippen LogP contribution in [0.15, 0.2) is 18.2 Å². The standard InChI is InChI=1S/C14H19N5/c1-10-11(6-5-7-12(10)15)13-16-17-18-19(13)14(2)8-3-4-9-14/h5-7H,3-4,8-9,15H2,1-2H3. The van der Waals surface area contributed by atoms with Gasteiger partial charge in [-0.15, -0.1) is 5.10 Å². The van der Waals surface area contributed by atoms with Crippen molar-refractivity contribution in [2.75, 3.05) is 5.73 Å². The molecule has 1 saturated carbocycles. The summed E-state index contributed by atoms with van der Waals surface area (Å²) in [5, 5.41) is 12.3. The van der Waals surface area contributed by atoms with Crippen LogP contribution in [0.1, 0.15) is 38.2 Å². The lowest BCUT2D eigenvalue weighted by Gasteiger charge is -2.25. The summed E-state index contributed by atoms with van der Waals surface area (Å²) < 4.78 is 1.99. The molecule has 0 amide bonds. The number of nitrogens with two attached hydrogens (primary N) is 1. The molecule has 1 aromatic heterocycles. The summed E-state index contributed by atoms with van der Waals surface area (Å²) in [6.07, 6.45) is 4.75. The zero-order valence-electron chi connectivity index (χ0n) is 11.4. The fourth-order valence-corrected chi connectivity index (χ4v) is 2.96. The molecule has 0 unspecified atom stereocenters. The van der Waals surface area contributed by atoms with Gasteiger partial charge in [-0.25, -0.2) is 4.68 Å². The summed E-state index contributed by atoms with van der Waals surface area (Å²) in [7, 11) is 0. The second kappa shape index (κ2) is 4.33. The molecule has 1 heterocycles. The number of hydrogen-bond donors (Lipinski definition) is 1. The number of nitrogen functional groups attached to an aromatic ring is 1. The van der Waals surface area contributed by atoms with Gasteiger partial charge < -0.3 is 5.73 Å². The Morgan fingerprint density at radius 2 is 2.00 bits per heavy atom. The zero-order chi connectivity index (χ0) is 13.5. The molecule has 2 aromatic rings. The Morgan fingerprint density at radius 3 is 2.74 bits per heavy atom. The smallest absolute Gasteiger partial charge is 0.182 e. The van der Waals surface area contributed by atoms with Gasteiger partial charge in [0.05, 0.1) is 5.54 Å². The summed E-state index contributed by atoms with van der Waals surface area (Å²) in [4.78, 5) is 0.